The van der Waals surface area contributed by atoms with Crippen LogP contribution in [0.2, 0.25) is 0 Å². The lowest BCUT2D eigenvalue weighted by Crippen LogP contribution is -2.21. The van der Waals surface area contributed by atoms with Crippen LogP contribution in [-0.4, -0.2) is 11.1 Å². The molecule has 1 aromatic carbocycles. The minimum absolute atomic E-state index is 0.627. The highest BCUT2D eigenvalue weighted by atomic mass is 127. The van der Waals surface area contributed by atoms with Gasteiger partial charge >= 0.3 is 5.97 Å². The van der Waals surface area contributed by atoms with Gasteiger partial charge in [-0.3, -0.25) is 4.79 Å². The summed E-state index contributed by atoms with van der Waals surface area (Å²) < 4.78 is 1.69. The second-order valence-electron chi connectivity index (χ2n) is 2.48. The highest BCUT2D eigenvalue weighted by Crippen LogP contribution is 2.22. The molecular formula is C8H7BrINO2. The van der Waals surface area contributed by atoms with Crippen LogP contribution in [0.15, 0.2) is 22.7 Å². The first-order chi connectivity index (χ1) is 6.02. The third kappa shape index (κ3) is 2.65. The first-order valence-electron chi connectivity index (χ1n) is 3.45. The van der Waals surface area contributed by atoms with Gasteiger partial charge in [-0.1, -0.05) is 15.9 Å². The molecule has 0 fully saturated rings. The van der Waals surface area contributed by atoms with E-state index in [0.29, 0.717) is 5.56 Å². The van der Waals surface area contributed by atoms with Crippen molar-refractivity contribution >= 4 is 44.5 Å². The van der Waals surface area contributed by atoms with E-state index in [1.54, 1.807) is 6.07 Å². The Balaban J connectivity index is 3.12. The van der Waals surface area contributed by atoms with Crippen molar-refractivity contribution in [2.45, 2.75) is 6.04 Å². The molecule has 0 amide bonds. The summed E-state index contributed by atoms with van der Waals surface area (Å²) in [6, 6.07) is 4.44. The van der Waals surface area contributed by atoms with Crippen LogP contribution in [0.25, 0.3) is 0 Å². The molecule has 0 aliphatic carbocycles. The van der Waals surface area contributed by atoms with E-state index in [2.05, 4.69) is 38.5 Å². The van der Waals surface area contributed by atoms with Gasteiger partial charge in [0.1, 0.15) is 6.04 Å². The van der Waals surface area contributed by atoms with Crippen molar-refractivity contribution in [3.05, 3.63) is 31.8 Å². The van der Waals surface area contributed by atoms with Gasteiger partial charge in [0.05, 0.1) is 0 Å². The molecule has 1 aromatic rings. The van der Waals surface area contributed by atoms with Crippen LogP contribution >= 0.6 is 38.5 Å². The Labute approximate surface area is 97.6 Å². The van der Waals surface area contributed by atoms with Gasteiger partial charge in [-0.25, -0.2) is 0 Å². The maximum absolute atomic E-state index is 10.6. The molecule has 0 radical (unpaired) electrons. The topological polar surface area (TPSA) is 63.3 Å². The monoisotopic (exact) mass is 355 g/mol. The van der Waals surface area contributed by atoms with E-state index in [9.17, 15) is 4.79 Å². The molecule has 5 heteroatoms. The molecule has 3 nitrogen and oxygen atoms in total. The number of carboxylic acids is 1. The first-order valence-corrected chi connectivity index (χ1v) is 5.33. The predicted octanol–water partition coefficient (Wildman–Crippen LogP) is 2.14. The summed E-state index contributed by atoms with van der Waals surface area (Å²) in [5, 5.41) is 8.71. The van der Waals surface area contributed by atoms with Gasteiger partial charge in [-0.05, 0) is 46.4 Å². The SMILES string of the molecule is NC(C(=O)O)c1cc(Br)ccc1I. The largest absolute Gasteiger partial charge is 0.480 e. The Hall–Kier alpha value is -0.140. The van der Waals surface area contributed by atoms with Crippen molar-refractivity contribution in [3.63, 3.8) is 0 Å². The number of carbonyl (C=O) groups is 1. The normalized spacial score (nSPS) is 12.5. The Morgan fingerprint density at radius 1 is 1.62 bits per heavy atom. The van der Waals surface area contributed by atoms with Crippen LogP contribution in [0, 0.1) is 3.57 Å². The smallest absolute Gasteiger partial charge is 0.325 e. The molecule has 0 aliphatic heterocycles. The van der Waals surface area contributed by atoms with Crippen molar-refractivity contribution in [3.8, 4) is 0 Å². The fraction of sp³-hybridized carbons (Fsp3) is 0.125. The van der Waals surface area contributed by atoms with Crippen LogP contribution in [0.5, 0.6) is 0 Å². The van der Waals surface area contributed by atoms with Crippen molar-refractivity contribution < 1.29 is 9.90 Å². The molecule has 0 aliphatic rings. The zero-order chi connectivity index (χ0) is 10.0. The maximum atomic E-state index is 10.6. The van der Waals surface area contributed by atoms with Gasteiger partial charge in [0.25, 0.3) is 0 Å². The standard InChI is InChI=1S/C8H7BrINO2/c9-4-1-2-6(10)5(3-4)7(11)8(12)13/h1-3,7H,11H2,(H,12,13). The summed E-state index contributed by atoms with van der Waals surface area (Å²) in [5.41, 5.74) is 6.11. The van der Waals surface area contributed by atoms with E-state index < -0.39 is 12.0 Å². The molecule has 70 valence electrons. The lowest BCUT2D eigenvalue weighted by atomic mass is 10.1. The van der Waals surface area contributed by atoms with Crippen LogP contribution in [0.3, 0.4) is 0 Å². The molecule has 0 heterocycles. The average molecular weight is 356 g/mol. The van der Waals surface area contributed by atoms with E-state index in [-0.39, 0.29) is 0 Å². The van der Waals surface area contributed by atoms with Gasteiger partial charge in [0.15, 0.2) is 0 Å². The number of benzene rings is 1. The molecular weight excluding hydrogens is 349 g/mol. The highest BCUT2D eigenvalue weighted by Gasteiger charge is 2.16. The molecule has 3 N–H and O–H groups in total. The number of halogens is 2. The Kier molecular flexibility index (Phi) is 3.69. The fourth-order valence-corrected chi connectivity index (χ4v) is 1.94. The number of aliphatic carboxylic acids is 1. The van der Waals surface area contributed by atoms with Crippen LogP contribution < -0.4 is 5.73 Å². The molecule has 1 rings (SSSR count). The number of hydrogen-bond donors (Lipinski definition) is 2. The number of nitrogens with two attached hydrogens (primary N) is 1. The summed E-state index contributed by atoms with van der Waals surface area (Å²) in [4.78, 5) is 10.6. The fourth-order valence-electron chi connectivity index (χ4n) is 0.886. The zero-order valence-electron chi connectivity index (χ0n) is 6.50. The molecule has 1 atom stereocenters. The van der Waals surface area contributed by atoms with Crippen molar-refractivity contribution in [2.24, 2.45) is 5.73 Å². The zero-order valence-corrected chi connectivity index (χ0v) is 10.2. The molecule has 0 saturated carbocycles. The van der Waals surface area contributed by atoms with Crippen LogP contribution in [0.4, 0.5) is 0 Å². The highest BCUT2D eigenvalue weighted by molar-refractivity contribution is 14.1. The predicted molar refractivity (Wildman–Crippen MR) is 61.4 cm³/mol. The van der Waals surface area contributed by atoms with E-state index in [0.717, 1.165) is 8.04 Å². The summed E-state index contributed by atoms with van der Waals surface area (Å²) in [6.45, 7) is 0. The molecule has 0 bridgehead atoms. The summed E-state index contributed by atoms with van der Waals surface area (Å²) >= 11 is 5.32. The molecule has 0 saturated heterocycles. The number of hydrogen-bond acceptors (Lipinski definition) is 2. The molecule has 13 heavy (non-hydrogen) atoms. The minimum Gasteiger partial charge on any atom is -0.480 e. The first kappa shape index (κ1) is 10.9. The Morgan fingerprint density at radius 3 is 2.77 bits per heavy atom. The van der Waals surface area contributed by atoms with Crippen molar-refractivity contribution in [2.75, 3.05) is 0 Å². The quantitative estimate of drug-likeness (QED) is 0.799. The average Bonchev–Trinajstić information content (AvgIpc) is 2.08. The summed E-state index contributed by atoms with van der Waals surface area (Å²) in [6.07, 6.45) is 0. The third-order valence-electron chi connectivity index (χ3n) is 1.56. The minimum atomic E-state index is -1.02. The third-order valence-corrected chi connectivity index (χ3v) is 3.03. The molecule has 0 spiro atoms. The van der Waals surface area contributed by atoms with Crippen molar-refractivity contribution in [1.82, 2.24) is 0 Å². The molecule has 1 unspecified atom stereocenters. The number of rotatable bonds is 2. The van der Waals surface area contributed by atoms with Gasteiger partial charge < -0.3 is 10.8 Å². The Morgan fingerprint density at radius 2 is 2.23 bits per heavy atom. The van der Waals surface area contributed by atoms with Gasteiger partial charge in [0, 0.05) is 8.04 Å². The van der Waals surface area contributed by atoms with Gasteiger partial charge in [-0.2, -0.15) is 0 Å². The molecule has 0 aromatic heterocycles. The number of carboxylic acid groups (broad SMARTS) is 1. The van der Waals surface area contributed by atoms with E-state index in [1.165, 1.54) is 0 Å². The second kappa shape index (κ2) is 4.39. The second-order valence-corrected chi connectivity index (χ2v) is 4.56. The maximum Gasteiger partial charge on any atom is 0.325 e. The summed E-state index contributed by atoms with van der Waals surface area (Å²) in [7, 11) is 0. The van der Waals surface area contributed by atoms with Crippen LogP contribution in [0.1, 0.15) is 11.6 Å². The van der Waals surface area contributed by atoms with E-state index in [1.807, 2.05) is 12.1 Å². The van der Waals surface area contributed by atoms with Gasteiger partial charge in [-0.15, -0.1) is 0 Å². The lowest BCUT2D eigenvalue weighted by molar-refractivity contribution is -0.138. The lowest BCUT2D eigenvalue weighted by Gasteiger charge is -2.09. The Bertz CT molecular complexity index is 343. The summed E-state index contributed by atoms with van der Waals surface area (Å²) in [5.74, 6) is -1.02. The van der Waals surface area contributed by atoms with Gasteiger partial charge in [0.2, 0.25) is 0 Å². The van der Waals surface area contributed by atoms with E-state index in [4.69, 9.17) is 10.8 Å². The van der Waals surface area contributed by atoms with E-state index >= 15 is 0 Å². The van der Waals surface area contributed by atoms with Crippen molar-refractivity contribution in [1.29, 1.82) is 0 Å². The van der Waals surface area contributed by atoms with Crippen LogP contribution in [-0.2, 0) is 4.79 Å².